The van der Waals surface area contributed by atoms with Crippen LogP contribution in [0.3, 0.4) is 0 Å². The fourth-order valence-electron chi connectivity index (χ4n) is 2.56. The largest absolute Gasteiger partial charge is 0.369 e. The van der Waals surface area contributed by atoms with Gasteiger partial charge in [0.05, 0.1) is 13.2 Å². The van der Waals surface area contributed by atoms with Gasteiger partial charge in [-0.3, -0.25) is 9.59 Å². The third-order valence-electron chi connectivity index (χ3n) is 3.78. The van der Waals surface area contributed by atoms with Crippen LogP contribution in [-0.4, -0.2) is 41.0 Å². The summed E-state index contributed by atoms with van der Waals surface area (Å²) >= 11 is 1.50. The van der Waals surface area contributed by atoms with Gasteiger partial charge in [0.25, 0.3) is 0 Å². The van der Waals surface area contributed by atoms with E-state index in [1.807, 2.05) is 42.6 Å². The highest BCUT2D eigenvalue weighted by molar-refractivity contribution is 7.09. The molecule has 6 nitrogen and oxygen atoms in total. The lowest BCUT2D eigenvalue weighted by Gasteiger charge is -2.34. The van der Waals surface area contributed by atoms with Crippen LogP contribution in [0.2, 0.25) is 0 Å². The predicted octanol–water partition coefficient (Wildman–Crippen LogP) is 1.50. The first-order chi connectivity index (χ1) is 11.6. The topological polar surface area (TPSA) is 71.5 Å². The fourth-order valence-corrected chi connectivity index (χ4v) is 3.28. The van der Waals surface area contributed by atoms with E-state index in [1.54, 1.807) is 4.90 Å². The van der Waals surface area contributed by atoms with E-state index >= 15 is 0 Å². The monoisotopic (exact) mass is 345 g/mol. The number of nitrogens with zero attached hydrogens (tertiary/aromatic N) is 2. The molecule has 7 heteroatoms. The number of aromatic nitrogens is 1. The van der Waals surface area contributed by atoms with E-state index in [0.717, 1.165) is 16.3 Å². The van der Waals surface area contributed by atoms with Crippen LogP contribution < -0.4 is 5.32 Å². The minimum absolute atomic E-state index is 0.0162. The zero-order valence-corrected chi connectivity index (χ0v) is 14.2. The molecule has 1 atom stereocenters. The Labute approximate surface area is 144 Å². The molecule has 3 rings (SSSR count). The number of ether oxygens (including phenoxy) is 1. The van der Waals surface area contributed by atoms with Gasteiger partial charge in [-0.25, -0.2) is 4.98 Å². The molecule has 1 aromatic carbocycles. The number of rotatable bonds is 5. The van der Waals surface area contributed by atoms with Gasteiger partial charge in [-0.2, -0.15) is 0 Å². The van der Waals surface area contributed by atoms with Crippen LogP contribution in [0.25, 0.3) is 0 Å². The molecule has 1 fully saturated rings. The minimum Gasteiger partial charge on any atom is -0.369 e. The quantitative estimate of drug-likeness (QED) is 0.891. The van der Waals surface area contributed by atoms with Crippen molar-refractivity contribution in [3.63, 3.8) is 0 Å². The Morgan fingerprint density at radius 2 is 2.21 bits per heavy atom. The van der Waals surface area contributed by atoms with E-state index < -0.39 is 6.04 Å². The maximum absolute atomic E-state index is 12.5. The Balaban J connectivity index is 1.66. The molecule has 2 heterocycles. The lowest BCUT2D eigenvalue weighted by molar-refractivity contribution is -0.155. The normalized spacial score (nSPS) is 17.8. The van der Waals surface area contributed by atoms with E-state index in [9.17, 15) is 9.59 Å². The average Bonchev–Trinajstić information content (AvgIpc) is 3.01. The SMILES string of the molecule is Cc1csc(CNC(=O)C2COCC(=O)N2Cc2ccccc2)n1. The lowest BCUT2D eigenvalue weighted by Crippen LogP contribution is -2.55. The van der Waals surface area contributed by atoms with Gasteiger partial charge in [0, 0.05) is 17.6 Å². The van der Waals surface area contributed by atoms with Gasteiger partial charge in [-0.15, -0.1) is 11.3 Å². The molecular weight excluding hydrogens is 326 g/mol. The highest BCUT2D eigenvalue weighted by atomic mass is 32.1. The molecule has 1 N–H and O–H groups in total. The number of nitrogens with one attached hydrogen (secondary N) is 1. The Morgan fingerprint density at radius 3 is 2.92 bits per heavy atom. The van der Waals surface area contributed by atoms with Crippen LogP contribution in [-0.2, 0) is 27.4 Å². The van der Waals surface area contributed by atoms with E-state index in [4.69, 9.17) is 4.74 Å². The molecule has 126 valence electrons. The van der Waals surface area contributed by atoms with Crippen LogP contribution in [0.1, 0.15) is 16.3 Å². The van der Waals surface area contributed by atoms with Gasteiger partial charge in [-0.1, -0.05) is 30.3 Å². The zero-order valence-electron chi connectivity index (χ0n) is 13.4. The van der Waals surface area contributed by atoms with Crippen molar-refractivity contribution >= 4 is 23.2 Å². The van der Waals surface area contributed by atoms with Crippen LogP contribution in [0, 0.1) is 6.92 Å². The van der Waals surface area contributed by atoms with Crippen molar-refractivity contribution < 1.29 is 14.3 Å². The molecule has 1 aromatic heterocycles. The molecule has 0 aliphatic carbocycles. The minimum atomic E-state index is -0.618. The summed E-state index contributed by atoms with van der Waals surface area (Å²) in [5, 5.41) is 5.64. The molecule has 1 saturated heterocycles. The Kier molecular flexibility index (Phi) is 5.22. The molecule has 0 spiro atoms. The summed E-state index contributed by atoms with van der Waals surface area (Å²) in [6.07, 6.45) is 0. The van der Waals surface area contributed by atoms with Crippen molar-refractivity contribution in [1.82, 2.24) is 15.2 Å². The number of thiazole rings is 1. The highest BCUT2D eigenvalue weighted by Crippen LogP contribution is 2.14. The third-order valence-corrected chi connectivity index (χ3v) is 4.74. The van der Waals surface area contributed by atoms with Crippen molar-refractivity contribution in [3.8, 4) is 0 Å². The molecule has 2 aromatic rings. The Morgan fingerprint density at radius 1 is 1.42 bits per heavy atom. The highest BCUT2D eigenvalue weighted by Gasteiger charge is 2.33. The summed E-state index contributed by atoms with van der Waals surface area (Å²) in [5.74, 6) is -0.387. The smallest absolute Gasteiger partial charge is 0.249 e. The summed E-state index contributed by atoms with van der Waals surface area (Å²) in [4.78, 5) is 30.6. The van der Waals surface area contributed by atoms with Gasteiger partial charge in [0.15, 0.2) is 0 Å². The van der Waals surface area contributed by atoms with Gasteiger partial charge in [-0.05, 0) is 12.5 Å². The summed E-state index contributed by atoms with van der Waals surface area (Å²) in [7, 11) is 0. The molecule has 0 saturated carbocycles. The summed E-state index contributed by atoms with van der Waals surface area (Å²) in [5.41, 5.74) is 1.92. The van der Waals surface area contributed by atoms with Crippen molar-refractivity contribution in [3.05, 3.63) is 52.0 Å². The lowest BCUT2D eigenvalue weighted by atomic mass is 10.1. The second-order valence-electron chi connectivity index (χ2n) is 5.64. The van der Waals surface area contributed by atoms with Gasteiger partial charge in [0.2, 0.25) is 11.8 Å². The summed E-state index contributed by atoms with van der Waals surface area (Å²) in [6, 6.07) is 9.02. The number of morpholine rings is 1. The van der Waals surface area contributed by atoms with Gasteiger partial charge in [0.1, 0.15) is 17.7 Å². The Bertz CT molecular complexity index is 717. The fraction of sp³-hybridized carbons (Fsp3) is 0.353. The number of aryl methyl sites for hydroxylation is 1. The number of carbonyl (C=O) groups excluding carboxylic acids is 2. The molecule has 1 unspecified atom stereocenters. The predicted molar refractivity (Wildman–Crippen MR) is 90.3 cm³/mol. The molecular formula is C17H19N3O3S. The van der Waals surface area contributed by atoms with E-state index in [1.165, 1.54) is 11.3 Å². The van der Waals surface area contributed by atoms with E-state index in [0.29, 0.717) is 13.1 Å². The summed E-state index contributed by atoms with van der Waals surface area (Å²) in [6.45, 7) is 2.90. The number of hydrogen-bond donors (Lipinski definition) is 1. The second kappa shape index (κ2) is 7.55. The average molecular weight is 345 g/mol. The van der Waals surface area contributed by atoms with E-state index in [2.05, 4.69) is 10.3 Å². The van der Waals surface area contributed by atoms with Crippen LogP contribution in [0.4, 0.5) is 0 Å². The molecule has 0 radical (unpaired) electrons. The van der Waals surface area contributed by atoms with Crippen molar-refractivity contribution in [2.75, 3.05) is 13.2 Å². The Hall–Kier alpha value is -2.25. The first-order valence-electron chi connectivity index (χ1n) is 7.73. The van der Waals surface area contributed by atoms with Crippen LogP contribution in [0.15, 0.2) is 35.7 Å². The van der Waals surface area contributed by atoms with Gasteiger partial charge < -0.3 is 15.0 Å². The number of hydrogen-bond acceptors (Lipinski definition) is 5. The summed E-state index contributed by atoms with van der Waals surface area (Å²) < 4.78 is 5.27. The van der Waals surface area contributed by atoms with Crippen molar-refractivity contribution in [2.45, 2.75) is 26.1 Å². The van der Waals surface area contributed by atoms with Crippen molar-refractivity contribution in [1.29, 1.82) is 0 Å². The molecule has 1 aliphatic rings. The molecule has 24 heavy (non-hydrogen) atoms. The first-order valence-corrected chi connectivity index (χ1v) is 8.61. The third kappa shape index (κ3) is 3.98. The molecule has 1 aliphatic heterocycles. The van der Waals surface area contributed by atoms with Crippen LogP contribution in [0.5, 0.6) is 0 Å². The second-order valence-corrected chi connectivity index (χ2v) is 6.58. The van der Waals surface area contributed by atoms with Crippen molar-refractivity contribution in [2.24, 2.45) is 0 Å². The molecule has 0 bridgehead atoms. The number of carbonyl (C=O) groups is 2. The molecule has 2 amide bonds. The maximum Gasteiger partial charge on any atom is 0.249 e. The van der Waals surface area contributed by atoms with Gasteiger partial charge >= 0.3 is 0 Å². The number of amides is 2. The standard InChI is InChI=1S/C17H19N3O3S/c1-12-11-24-15(19-12)7-18-17(22)14-9-23-10-16(21)20(14)8-13-5-3-2-4-6-13/h2-6,11,14H,7-10H2,1H3,(H,18,22). The van der Waals surface area contributed by atoms with E-state index in [-0.39, 0.29) is 25.0 Å². The maximum atomic E-state index is 12.5. The first kappa shape index (κ1) is 16.6. The number of benzene rings is 1. The van der Waals surface area contributed by atoms with Crippen LogP contribution >= 0.6 is 11.3 Å². The zero-order chi connectivity index (χ0) is 16.9.